The molecule has 34 heavy (non-hydrogen) atoms. The van der Waals surface area contributed by atoms with E-state index in [0.29, 0.717) is 19.6 Å². The van der Waals surface area contributed by atoms with Crippen molar-refractivity contribution in [3.05, 3.63) is 65.2 Å². The summed E-state index contributed by atoms with van der Waals surface area (Å²) in [7, 11) is 0. The van der Waals surface area contributed by atoms with Crippen LogP contribution in [0.5, 0.6) is 17.2 Å². The highest BCUT2D eigenvalue weighted by Crippen LogP contribution is 2.41. The Morgan fingerprint density at radius 1 is 1.12 bits per heavy atom. The van der Waals surface area contributed by atoms with E-state index >= 15 is 0 Å². The van der Waals surface area contributed by atoms with Crippen LogP contribution in [0, 0.1) is 0 Å². The largest absolute Gasteiger partial charge is 0.490 e. The molecule has 2 aliphatic heterocycles. The molecular formula is C29H37NO4. The van der Waals surface area contributed by atoms with Gasteiger partial charge >= 0.3 is 0 Å². The number of ketones is 1. The van der Waals surface area contributed by atoms with Gasteiger partial charge in [-0.3, -0.25) is 9.69 Å². The van der Waals surface area contributed by atoms with Crippen molar-refractivity contribution in [3.8, 4) is 17.2 Å². The lowest BCUT2D eigenvalue weighted by atomic mass is 9.89. The molecule has 182 valence electrons. The molecule has 5 heteroatoms. The quantitative estimate of drug-likeness (QED) is 0.446. The van der Waals surface area contributed by atoms with Gasteiger partial charge in [0.25, 0.3) is 0 Å². The van der Waals surface area contributed by atoms with E-state index in [1.165, 1.54) is 5.56 Å². The molecule has 2 aliphatic rings. The van der Waals surface area contributed by atoms with Crippen LogP contribution in [0.4, 0.5) is 0 Å². The lowest BCUT2D eigenvalue weighted by molar-refractivity contribution is -0.123. The van der Waals surface area contributed by atoms with Crippen LogP contribution in [-0.2, 0) is 17.8 Å². The number of benzene rings is 2. The summed E-state index contributed by atoms with van der Waals surface area (Å²) >= 11 is 0. The van der Waals surface area contributed by atoms with Crippen LogP contribution in [0.2, 0.25) is 0 Å². The maximum atomic E-state index is 12.4. The summed E-state index contributed by atoms with van der Waals surface area (Å²) in [5, 5.41) is 0. The van der Waals surface area contributed by atoms with Crippen LogP contribution < -0.4 is 14.2 Å². The van der Waals surface area contributed by atoms with Crippen LogP contribution in [0.25, 0.3) is 0 Å². The number of carbonyl (C=O) groups excluding carboxylic acids is 1. The van der Waals surface area contributed by atoms with Crippen LogP contribution in [0.3, 0.4) is 0 Å². The lowest BCUT2D eigenvalue weighted by Gasteiger charge is -2.40. The second kappa shape index (κ2) is 10.2. The zero-order chi connectivity index (χ0) is 24.4. The van der Waals surface area contributed by atoms with E-state index in [2.05, 4.69) is 56.5 Å². The molecule has 0 aliphatic carbocycles. The predicted molar refractivity (Wildman–Crippen MR) is 135 cm³/mol. The van der Waals surface area contributed by atoms with Crippen molar-refractivity contribution in [2.24, 2.45) is 0 Å². The fourth-order valence-electron chi connectivity index (χ4n) is 4.81. The lowest BCUT2D eigenvalue weighted by Crippen LogP contribution is -2.49. The van der Waals surface area contributed by atoms with Crippen molar-refractivity contribution in [2.75, 3.05) is 6.61 Å². The fraction of sp³-hybridized carbons (Fsp3) is 0.483. The van der Waals surface area contributed by atoms with Crippen molar-refractivity contribution in [2.45, 2.75) is 84.7 Å². The van der Waals surface area contributed by atoms with E-state index in [0.717, 1.165) is 46.8 Å². The highest BCUT2D eigenvalue weighted by atomic mass is 16.6. The molecule has 0 fully saturated rings. The van der Waals surface area contributed by atoms with Crippen molar-refractivity contribution in [1.29, 1.82) is 0 Å². The minimum absolute atomic E-state index is 0.128. The number of hydrogen-bond donors (Lipinski definition) is 0. The summed E-state index contributed by atoms with van der Waals surface area (Å²) < 4.78 is 18.6. The zero-order valence-corrected chi connectivity index (χ0v) is 21.1. The Hall–Kier alpha value is -2.79. The third-order valence-corrected chi connectivity index (χ3v) is 7.24. The smallest absolute Gasteiger partial charge is 0.162 e. The SMILES string of the molecule is C=C(C)C(C)N1Cc2cc3c(cc2CC1C(C)=O)OCC(c1ccc(OC(CC)CC)cc1)O3. The molecule has 0 radical (unpaired) electrons. The third-order valence-electron chi connectivity index (χ3n) is 7.24. The molecular weight excluding hydrogens is 426 g/mol. The molecule has 3 unspecified atom stereocenters. The van der Waals surface area contributed by atoms with Gasteiger partial charge in [-0.1, -0.05) is 38.1 Å². The van der Waals surface area contributed by atoms with Crippen molar-refractivity contribution < 1.29 is 19.0 Å². The van der Waals surface area contributed by atoms with E-state index in [1.807, 2.05) is 19.1 Å². The topological polar surface area (TPSA) is 48.0 Å². The summed E-state index contributed by atoms with van der Waals surface area (Å²) in [5.41, 5.74) is 4.47. The summed E-state index contributed by atoms with van der Waals surface area (Å²) in [4.78, 5) is 14.7. The van der Waals surface area contributed by atoms with E-state index in [-0.39, 0.29) is 30.1 Å². The summed E-state index contributed by atoms with van der Waals surface area (Å²) in [5.74, 6) is 2.59. The van der Waals surface area contributed by atoms with E-state index < -0.39 is 0 Å². The molecule has 0 bridgehead atoms. The Kier molecular flexibility index (Phi) is 7.32. The van der Waals surface area contributed by atoms with E-state index in [1.54, 1.807) is 6.92 Å². The third kappa shape index (κ3) is 5.00. The molecule has 0 amide bonds. The van der Waals surface area contributed by atoms with Gasteiger partial charge in [0.15, 0.2) is 17.6 Å². The van der Waals surface area contributed by atoms with Crippen LogP contribution in [0.1, 0.15) is 70.3 Å². The minimum Gasteiger partial charge on any atom is -0.490 e. The fourth-order valence-corrected chi connectivity index (χ4v) is 4.81. The van der Waals surface area contributed by atoms with Crippen molar-refractivity contribution in [1.82, 2.24) is 4.90 Å². The molecule has 2 heterocycles. The summed E-state index contributed by atoms with van der Waals surface area (Å²) in [6, 6.07) is 12.3. The van der Waals surface area contributed by atoms with Gasteiger partial charge in [0.2, 0.25) is 0 Å². The Morgan fingerprint density at radius 3 is 2.41 bits per heavy atom. The number of rotatable bonds is 8. The van der Waals surface area contributed by atoms with Crippen LogP contribution in [-0.4, -0.2) is 35.5 Å². The predicted octanol–water partition coefficient (Wildman–Crippen LogP) is 6.05. The highest BCUT2D eigenvalue weighted by Gasteiger charge is 2.34. The second-order valence-electron chi connectivity index (χ2n) is 9.64. The Balaban J connectivity index is 1.53. The normalized spacial score (nSPS) is 20.5. The average molecular weight is 464 g/mol. The van der Waals surface area contributed by atoms with Gasteiger partial charge in [-0.25, -0.2) is 0 Å². The summed E-state index contributed by atoms with van der Waals surface area (Å²) in [6.07, 6.45) is 2.74. The van der Waals surface area contributed by atoms with Gasteiger partial charge in [0, 0.05) is 12.6 Å². The molecule has 4 rings (SSSR count). The van der Waals surface area contributed by atoms with Gasteiger partial charge in [0.05, 0.1) is 12.1 Å². The van der Waals surface area contributed by atoms with Crippen molar-refractivity contribution >= 4 is 5.78 Å². The average Bonchev–Trinajstić information content (AvgIpc) is 2.84. The van der Waals surface area contributed by atoms with Gasteiger partial charge in [-0.2, -0.15) is 0 Å². The van der Waals surface area contributed by atoms with Crippen LogP contribution >= 0.6 is 0 Å². The zero-order valence-electron chi connectivity index (χ0n) is 21.1. The first-order chi connectivity index (χ1) is 16.3. The number of Topliss-reactive ketones (excluding diaryl/α,β-unsaturated/α-hetero) is 1. The number of ether oxygens (including phenoxy) is 3. The minimum atomic E-state index is -0.174. The summed E-state index contributed by atoms with van der Waals surface area (Å²) in [6.45, 7) is 15.4. The standard InChI is InChI=1S/C29H37NO4/c1-7-24(8-2)33-25-11-9-21(10-12-25)29-17-32-27-14-22-13-26(20(6)31)30(19(5)18(3)4)16-23(22)15-28(27)34-29/h9-12,14-15,19,24,26,29H,3,7-8,13,16-17H2,1-2,4-6H3. The van der Waals surface area contributed by atoms with Gasteiger partial charge < -0.3 is 14.2 Å². The Labute approximate surface area is 203 Å². The molecule has 0 N–H and O–H groups in total. The first kappa shape index (κ1) is 24.3. The molecule has 2 aromatic carbocycles. The second-order valence-corrected chi connectivity index (χ2v) is 9.64. The monoisotopic (exact) mass is 463 g/mol. The number of nitrogens with zero attached hydrogens (tertiary/aromatic N) is 1. The number of hydrogen-bond acceptors (Lipinski definition) is 5. The molecule has 0 spiro atoms. The van der Waals surface area contributed by atoms with Crippen molar-refractivity contribution in [3.63, 3.8) is 0 Å². The van der Waals surface area contributed by atoms with Crippen LogP contribution in [0.15, 0.2) is 48.6 Å². The highest BCUT2D eigenvalue weighted by molar-refractivity contribution is 5.82. The number of fused-ring (bicyclic) bond motifs is 2. The van der Waals surface area contributed by atoms with E-state index in [4.69, 9.17) is 14.2 Å². The maximum absolute atomic E-state index is 12.4. The first-order valence-electron chi connectivity index (χ1n) is 12.4. The van der Waals surface area contributed by atoms with E-state index in [9.17, 15) is 4.79 Å². The van der Waals surface area contributed by atoms with Gasteiger partial charge in [0.1, 0.15) is 18.1 Å². The molecule has 5 nitrogen and oxygen atoms in total. The Bertz CT molecular complexity index is 1040. The molecule has 0 saturated heterocycles. The molecule has 0 aromatic heterocycles. The molecule has 0 saturated carbocycles. The van der Waals surface area contributed by atoms with Gasteiger partial charge in [-0.15, -0.1) is 0 Å². The van der Waals surface area contributed by atoms with Gasteiger partial charge in [-0.05, 0) is 81.0 Å². The molecule has 2 aromatic rings. The molecule has 3 atom stereocenters. The Morgan fingerprint density at radius 2 is 1.79 bits per heavy atom. The number of carbonyl (C=O) groups is 1. The maximum Gasteiger partial charge on any atom is 0.162 e. The first-order valence-corrected chi connectivity index (χ1v) is 12.4.